The number of carbonyl (C=O) groups is 1. The minimum Gasteiger partial charge on any atom is -0.338 e. The zero-order valence-corrected chi connectivity index (χ0v) is 17.9. The van der Waals surface area contributed by atoms with Crippen molar-refractivity contribution in [3.05, 3.63) is 65.7 Å². The van der Waals surface area contributed by atoms with E-state index in [-0.39, 0.29) is 5.91 Å². The third-order valence-electron chi connectivity index (χ3n) is 5.30. The van der Waals surface area contributed by atoms with E-state index in [9.17, 15) is 13.2 Å². The molecule has 0 N–H and O–H groups in total. The average molecular weight is 416 g/mol. The van der Waals surface area contributed by atoms with E-state index in [1.807, 2.05) is 66.1 Å². The van der Waals surface area contributed by atoms with E-state index < -0.39 is 10.0 Å². The van der Waals surface area contributed by atoms with Gasteiger partial charge in [-0.25, -0.2) is 8.42 Å². The number of piperazine rings is 1. The Labute approximate surface area is 173 Å². The van der Waals surface area contributed by atoms with Gasteiger partial charge in [0.25, 0.3) is 0 Å². The summed E-state index contributed by atoms with van der Waals surface area (Å²) in [5, 5.41) is 0. The van der Waals surface area contributed by atoms with Crippen molar-refractivity contribution in [2.75, 3.05) is 39.3 Å². The number of likely N-dealkylation sites (N-methyl/N-ethyl adjacent to an activating group) is 1. The Hall–Kier alpha value is -2.22. The van der Waals surface area contributed by atoms with Crippen LogP contribution in [0.3, 0.4) is 0 Å². The minimum absolute atomic E-state index is 0.0752. The van der Waals surface area contributed by atoms with Crippen LogP contribution in [0.5, 0.6) is 0 Å². The van der Waals surface area contributed by atoms with Crippen LogP contribution in [0.2, 0.25) is 0 Å². The third-order valence-corrected chi connectivity index (χ3v) is 7.21. The summed E-state index contributed by atoms with van der Waals surface area (Å²) in [5.74, 6) is 0.0752. The van der Waals surface area contributed by atoms with Crippen molar-refractivity contribution in [1.29, 1.82) is 0 Å². The average Bonchev–Trinajstić information content (AvgIpc) is 2.73. The van der Waals surface area contributed by atoms with Crippen LogP contribution >= 0.6 is 0 Å². The molecule has 1 aliphatic rings. The number of hydrogen-bond acceptors (Lipinski definition) is 4. The smallest absolute Gasteiger partial charge is 0.243 e. The van der Waals surface area contributed by atoms with Gasteiger partial charge in [0.05, 0.1) is 11.4 Å². The van der Waals surface area contributed by atoms with Gasteiger partial charge in [0.2, 0.25) is 15.9 Å². The Bertz CT molecular complexity index is 906. The molecule has 1 fully saturated rings. The van der Waals surface area contributed by atoms with Crippen molar-refractivity contribution in [3.63, 3.8) is 0 Å². The van der Waals surface area contributed by atoms with Crippen LogP contribution in [0.15, 0.2) is 59.5 Å². The molecule has 0 aliphatic carbocycles. The molecule has 6 nitrogen and oxygen atoms in total. The van der Waals surface area contributed by atoms with Crippen LogP contribution < -0.4 is 0 Å². The fraction of sp³-hybridized carbons (Fsp3) is 0.409. The van der Waals surface area contributed by atoms with E-state index >= 15 is 0 Å². The lowest BCUT2D eigenvalue weighted by Crippen LogP contribution is -2.51. The summed E-state index contributed by atoms with van der Waals surface area (Å²) < 4.78 is 27.1. The van der Waals surface area contributed by atoms with Gasteiger partial charge in [0.15, 0.2) is 0 Å². The Kier molecular flexibility index (Phi) is 7.05. The topological polar surface area (TPSA) is 60.9 Å². The lowest BCUT2D eigenvalue weighted by Gasteiger charge is -2.34. The van der Waals surface area contributed by atoms with E-state index in [0.717, 1.165) is 11.1 Å². The SMILES string of the molecule is CCN(Cc1ccccc1)C(=O)CN1CCN(S(=O)(=O)c2ccc(C)cc2)CC1. The number of carbonyl (C=O) groups excluding carboxylic acids is 1. The van der Waals surface area contributed by atoms with Gasteiger partial charge in [0, 0.05) is 39.3 Å². The van der Waals surface area contributed by atoms with Crippen molar-refractivity contribution in [2.45, 2.75) is 25.3 Å². The van der Waals surface area contributed by atoms with Gasteiger partial charge in [-0.3, -0.25) is 9.69 Å². The molecular weight excluding hydrogens is 386 g/mol. The molecule has 156 valence electrons. The number of aryl methyl sites for hydroxylation is 1. The number of nitrogens with zero attached hydrogens (tertiary/aromatic N) is 3. The predicted molar refractivity (Wildman–Crippen MR) is 114 cm³/mol. The van der Waals surface area contributed by atoms with Gasteiger partial charge in [-0.2, -0.15) is 4.31 Å². The van der Waals surface area contributed by atoms with Crippen molar-refractivity contribution in [1.82, 2.24) is 14.1 Å². The summed E-state index contributed by atoms with van der Waals surface area (Å²) in [7, 11) is -3.48. The molecule has 2 aromatic rings. The van der Waals surface area contributed by atoms with Crippen LogP contribution in [0.25, 0.3) is 0 Å². The maximum absolute atomic E-state index is 12.8. The van der Waals surface area contributed by atoms with Crippen molar-refractivity contribution >= 4 is 15.9 Å². The molecule has 1 aliphatic heterocycles. The molecule has 0 atom stereocenters. The van der Waals surface area contributed by atoms with Crippen molar-refractivity contribution < 1.29 is 13.2 Å². The summed E-state index contributed by atoms with van der Waals surface area (Å²) >= 11 is 0. The van der Waals surface area contributed by atoms with Crippen LogP contribution in [-0.4, -0.2) is 67.7 Å². The maximum Gasteiger partial charge on any atom is 0.243 e. The van der Waals surface area contributed by atoms with Gasteiger partial charge >= 0.3 is 0 Å². The number of sulfonamides is 1. The highest BCUT2D eigenvalue weighted by atomic mass is 32.2. The van der Waals surface area contributed by atoms with E-state index in [2.05, 4.69) is 0 Å². The zero-order valence-electron chi connectivity index (χ0n) is 17.1. The molecule has 0 spiro atoms. The first-order valence-corrected chi connectivity index (χ1v) is 11.4. The first-order valence-electron chi connectivity index (χ1n) is 10.0. The molecule has 1 saturated heterocycles. The molecule has 2 aromatic carbocycles. The lowest BCUT2D eigenvalue weighted by atomic mass is 10.2. The summed E-state index contributed by atoms with van der Waals surface area (Å²) in [6.07, 6.45) is 0. The number of benzene rings is 2. The van der Waals surface area contributed by atoms with Crippen molar-refractivity contribution in [2.24, 2.45) is 0 Å². The molecule has 29 heavy (non-hydrogen) atoms. The van der Waals surface area contributed by atoms with Gasteiger partial charge < -0.3 is 4.90 Å². The monoisotopic (exact) mass is 415 g/mol. The standard InChI is InChI=1S/C22H29N3O3S/c1-3-24(17-20-7-5-4-6-8-20)22(26)18-23-13-15-25(16-14-23)29(27,28)21-11-9-19(2)10-12-21/h4-12H,3,13-18H2,1-2H3. The molecule has 0 aromatic heterocycles. The summed E-state index contributed by atoms with van der Waals surface area (Å²) in [6.45, 7) is 7.38. The molecule has 0 saturated carbocycles. The Morgan fingerprint density at radius 1 is 0.966 bits per heavy atom. The van der Waals surface area contributed by atoms with Gasteiger partial charge in [-0.15, -0.1) is 0 Å². The molecule has 3 rings (SSSR count). The van der Waals surface area contributed by atoms with Gasteiger partial charge in [-0.1, -0.05) is 48.0 Å². The molecule has 1 heterocycles. The van der Waals surface area contributed by atoms with E-state index in [1.165, 1.54) is 4.31 Å². The van der Waals surface area contributed by atoms with Gasteiger partial charge in [-0.05, 0) is 31.5 Å². The molecule has 1 amide bonds. The summed E-state index contributed by atoms with van der Waals surface area (Å²) in [6, 6.07) is 16.9. The fourth-order valence-electron chi connectivity index (χ4n) is 3.46. The first kappa shape index (κ1) is 21.5. The largest absolute Gasteiger partial charge is 0.338 e. The van der Waals surface area contributed by atoms with Crippen LogP contribution in [0.4, 0.5) is 0 Å². The number of amides is 1. The van der Waals surface area contributed by atoms with E-state index in [4.69, 9.17) is 0 Å². The van der Waals surface area contributed by atoms with E-state index in [0.29, 0.717) is 50.7 Å². The van der Waals surface area contributed by atoms with Crippen molar-refractivity contribution in [3.8, 4) is 0 Å². The zero-order chi connectivity index (χ0) is 20.9. The summed E-state index contributed by atoms with van der Waals surface area (Å²) in [5.41, 5.74) is 2.14. The highest BCUT2D eigenvalue weighted by Gasteiger charge is 2.29. The van der Waals surface area contributed by atoms with Gasteiger partial charge in [0.1, 0.15) is 0 Å². The predicted octanol–water partition coefficient (Wildman–Crippen LogP) is 2.35. The lowest BCUT2D eigenvalue weighted by molar-refractivity contribution is -0.133. The normalized spacial score (nSPS) is 15.9. The second-order valence-electron chi connectivity index (χ2n) is 7.39. The quantitative estimate of drug-likeness (QED) is 0.697. The third kappa shape index (κ3) is 5.44. The second-order valence-corrected chi connectivity index (χ2v) is 9.32. The minimum atomic E-state index is -3.48. The summed E-state index contributed by atoms with van der Waals surface area (Å²) in [4.78, 5) is 16.9. The maximum atomic E-state index is 12.8. The molecule has 7 heteroatoms. The van der Waals surface area contributed by atoms with Crippen LogP contribution in [0.1, 0.15) is 18.1 Å². The first-order chi connectivity index (χ1) is 13.9. The fourth-order valence-corrected chi connectivity index (χ4v) is 4.88. The molecule has 0 radical (unpaired) electrons. The molecular formula is C22H29N3O3S. The Balaban J connectivity index is 1.54. The van der Waals surface area contributed by atoms with Crippen LogP contribution in [0, 0.1) is 6.92 Å². The Morgan fingerprint density at radius 2 is 1.59 bits per heavy atom. The number of rotatable bonds is 7. The highest BCUT2D eigenvalue weighted by Crippen LogP contribution is 2.18. The number of hydrogen-bond donors (Lipinski definition) is 0. The highest BCUT2D eigenvalue weighted by molar-refractivity contribution is 7.89. The molecule has 0 unspecified atom stereocenters. The Morgan fingerprint density at radius 3 is 2.17 bits per heavy atom. The molecule has 0 bridgehead atoms. The van der Waals surface area contributed by atoms with Crippen LogP contribution in [-0.2, 0) is 21.4 Å². The van der Waals surface area contributed by atoms with E-state index in [1.54, 1.807) is 12.1 Å². The second kappa shape index (κ2) is 9.52.